The summed E-state index contributed by atoms with van der Waals surface area (Å²) in [6, 6.07) is 16.8. The second-order valence-corrected chi connectivity index (χ2v) is 8.27. The molecule has 0 radical (unpaired) electrons. The molecule has 2 aromatic carbocycles. The summed E-state index contributed by atoms with van der Waals surface area (Å²) in [5.41, 5.74) is 1.85. The summed E-state index contributed by atoms with van der Waals surface area (Å²) in [5.74, 6) is 0.395. The third kappa shape index (κ3) is 4.03. The van der Waals surface area contributed by atoms with Gasteiger partial charge in [0.15, 0.2) is 0 Å². The lowest BCUT2D eigenvalue weighted by atomic mass is 9.91. The lowest BCUT2D eigenvalue weighted by molar-refractivity contribution is -0.174. The zero-order valence-corrected chi connectivity index (χ0v) is 16.7. The molecule has 3 atom stereocenters. The maximum atomic E-state index is 13.2. The summed E-state index contributed by atoms with van der Waals surface area (Å²) in [6.07, 6.45) is 1.11. The van der Waals surface area contributed by atoms with E-state index in [4.69, 9.17) is 27.9 Å². The quantitative estimate of drug-likeness (QED) is 0.664. The molecule has 2 fully saturated rings. The molecule has 1 aliphatic carbocycles. The van der Waals surface area contributed by atoms with Crippen LogP contribution in [0.4, 0.5) is 0 Å². The summed E-state index contributed by atoms with van der Waals surface area (Å²) < 4.78 is 6.20. The van der Waals surface area contributed by atoms with E-state index in [2.05, 4.69) is 6.07 Å². The lowest BCUT2D eigenvalue weighted by Gasteiger charge is -2.44. The van der Waals surface area contributed by atoms with Gasteiger partial charge in [-0.1, -0.05) is 47.5 Å². The standard InChI is InChI=1S/C22H20Cl2N2O2/c23-17-8-6-15(7-9-17)20-21(16-2-1-3-18(24)12-16)28-19(10-11-25)22(27)26(20)13-14-4-5-14/h1-3,6-9,12,14,19-21H,4-5,10,13H2. The van der Waals surface area contributed by atoms with Crippen molar-refractivity contribution in [1.82, 2.24) is 4.90 Å². The fourth-order valence-electron chi connectivity index (χ4n) is 3.75. The van der Waals surface area contributed by atoms with Crippen LogP contribution < -0.4 is 0 Å². The minimum absolute atomic E-state index is 0.0321. The summed E-state index contributed by atoms with van der Waals surface area (Å²) in [6.45, 7) is 0.675. The number of carbonyl (C=O) groups is 1. The van der Waals surface area contributed by atoms with Crippen LogP contribution in [0.1, 0.15) is 42.5 Å². The Kier molecular flexibility index (Phi) is 5.59. The van der Waals surface area contributed by atoms with Gasteiger partial charge in [0, 0.05) is 16.6 Å². The second kappa shape index (κ2) is 8.13. The molecular weight excluding hydrogens is 395 g/mol. The van der Waals surface area contributed by atoms with E-state index in [1.54, 1.807) is 0 Å². The minimum atomic E-state index is -0.767. The van der Waals surface area contributed by atoms with Crippen molar-refractivity contribution in [1.29, 1.82) is 5.26 Å². The van der Waals surface area contributed by atoms with Crippen molar-refractivity contribution in [3.05, 3.63) is 69.7 Å². The van der Waals surface area contributed by atoms with Gasteiger partial charge < -0.3 is 9.64 Å². The zero-order chi connectivity index (χ0) is 19.7. The molecule has 1 saturated heterocycles. The average Bonchev–Trinajstić information content (AvgIpc) is 3.50. The van der Waals surface area contributed by atoms with Gasteiger partial charge in [0.2, 0.25) is 0 Å². The molecule has 0 spiro atoms. The second-order valence-electron chi connectivity index (χ2n) is 7.39. The molecule has 144 valence electrons. The number of hydrogen-bond acceptors (Lipinski definition) is 3. The summed E-state index contributed by atoms with van der Waals surface area (Å²) in [5, 5.41) is 10.4. The normalized spacial score (nSPS) is 24.8. The minimum Gasteiger partial charge on any atom is -0.357 e. The predicted molar refractivity (Wildman–Crippen MR) is 108 cm³/mol. The van der Waals surface area contributed by atoms with Crippen LogP contribution in [0.25, 0.3) is 0 Å². The van der Waals surface area contributed by atoms with Crippen LogP contribution in [-0.2, 0) is 9.53 Å². The van der Waals surface area contributed by atoms with E-state index in [-0.39, 0.29) is 18.4 Å². The van der Waals surface area contributed by atoms with E-state index in [9.17, 15) is 10.1 Å². The molecule has 4 rings (SSSR count). The molecule has 0 bridgehead atoms. The fraction of sp³-hybridized carbons (Fsp3) is 0.364. The van der Waals surface area contributed by atoms with Crippen LogP contribution in [0.15, 0.2) is 48.5 Å². The molecule has 6 heteroatoms. The van der Waals surface area contributed by atoms with E-state index in [1.165, 1.54) is 0 Å². The number of rotatable bonds is 5. The largest absolute Gasteiger partial charge is 0.357 e. The zero-order valence-electron chi connectivity index (χ0n) is 15.2. The molecule has 4 nitrogen and oxygen atoms in total. The first kappa shape index (κ1) is 19.3. The van der Waals surface area contributed by atoms with E-state index in [0.29, 0.717) is 22.5 Å². The highest BCUT2D eigenvalue weighted by Gasteiger charge is 2.45. The first-order valence-corrected chi connectivity index (χ1v) is 10.2. The van der Waals surface area contributed by atoms with Gasteiger partial charge in [0.25, 0.3) is 5.91 Å². The highest BCUT2D eigenvalue weighted by Crippen LogP contribution is 2.45. The van der Waals surface area contributed by atoms with E-state index in [1.807, 2.05) is 53.4 Å². The first-order chi connectivity index (χ1) is 13.6. The van der Waals surface area contributed by atoms with Crippen molar-refractivity contribution >= 4 is 29.1 Å². The van der Waals surface area contributed by atoms with Crippen molar-refractivity contribution in [2.75, 3.05) is 6.54 Å². The van der Waals surface area contributed by atoms with Gasteiger partial charge in [-0.3, -0.25) is 4.79 Å². The molecule has 2 aliphatic rings. The van der Waals surface area contributed by atoms with Crippen molar-refractivity contribution in [3.8, 4) is 6.07 Å². The Morgan fingerprint density at radius 3 is 2.46 bits per heavy atom. The average molecular weight is 415 g/mol. The third-order valence-corrected chi connectivity index (χ3v) is 5.80. The molecule has 2 aromatic rings. The van der Waals surface area contributed by atoms with Crippen molar-refractivity contribution in [2.45, 2.75) is 37.5 Å². The van der Waals surface area contributed by atoms with Crippen LogP contribution >= 0.6 is 23.2 Å². The first-order valence-electron chi connectivity index (χ1n) is 9.40. The maximum absolute atomic E-state index is 13.2. The van der Waals surface area contributed by atoms with Crippen LogP contribution in [0.5, 0.6) is 0 Å². The number of carbonyl (C=O) groups excluding carboxylic acids is 1. The van der Waals surface area contributed by atoms with Crippen LogP contribution in [0.2, 0.25) is 10.0 Å². The lowest BCUT2D eigenvalue weighted by Crippen LogP contribution is -2.51. The Labute approximate surface area is 174 Å². The molecule has 1 heterocycles. The number of morpholine rings is 1. The molecular formula is C22H20Cl2N2O2. The van der Waals surface area contributed by atoms with E-state index < -0.39 is 12.2 Å². The van der Waals surface area contributed by atoms with Crippen molar-refractivity contribution in [3.63, 3.8) is 0 Å². The molecule has 1 amide bonds. The van der Waals surface area contributed by atoms with E-state index in [0.717, 1.165) is 24.0 Å². The number of amides is 1. The summed E-state index contributed by atoms with van der Waals surface area (Å²) in [4.78, 5) is 15.1. The van der Waals surface area contributed by atoms with Crippen molar-refractivity contribution < 1.29 is 9.53 Å². The molecule has 28 heavy (non-hydrogen) atoms. The van der Waals surface area contributed by atoms with Crippen LogP contribution in [0.3, 0.4) is 0 Å². The Bertz CT molecular complexity index is 905. The van der Waals surface area contributed by atoms with Gasteiger partial charge in [-0.25, -0.2) is 0 Å². The molecule has 1 saturated carbocycles. The van der Waals surface area contributed by atoms with Crippen LogP contribution in [-0.4, -0.2) is 23.5 Å². The molecule has 3 unspecified atom stereocenters. The number of hydrogen-bond donors (Lipinski definition) is 0. The molecule has 0 aromatic heterocycles. The maximum Gasteiger partial charge on any atom is 0.253 e. The van der Waals surface area contributed by atoms with Gasteiger partial charge >= 0.3 is 0 Å². The van der Waals surface area contributed by atoms with Gasteiger partial charge in [0.05, 0.1) is 18.5 Å². The Balaban J connectivity index is 1.79. The topological polar surface area (TPSA) is 53.3 Å². The number of ether oxygens (including phenoxy) is 1. The highest BCUT2D eigenvalue weighted by molar-refractivity contribution is 6.30. The summed E-state index contributed by atoms with van der Waals surface area (Å²) in [7, 11) is 0. The highest BCUT2D eigenvalue weighted by atomic mass is 35.5. The van der Waals surface area contributed by atoms with E-state index >= 15 is 0 Å². The number of nitriles is 1. The monoisotopic (exact) mass is 414 g/mol. The smallest absolute Gasteiger partial charge is 0.253 e. The number of benzene rings is 2. The third-order valence-electron chi connectivity index (χ3n) is 5.31. The Hall–Kier alpha value is -2.06. The van der Waals surface area contributed by atoms with Crippen molar-refractivity contribution in [2.24, 2.45) is 5.92 Å². The van der Waals surface area contributed by atoms with Gasteiger partial charge in [-0.2, -0.15) is 5.26 Å². The molecule has 1 aliphatic heterocycles. The Morgan fingerprint density at radius 2 is 1.82 bits per heavy atom. The van der Waals surface area contributed by atoms with Gasteiger partial charge in [0.1, 0.15) is 12.2 Å². The van der Waals surface area contributed by atoms with Gasteiger partial charge in [-0.15, -0.1) is 0 Å². The fourth-order valence-corrected chi connectivity index (χ4v) is 4.08. The van der Waals surface area contributed by atoms with Gasteiger partial charge in [-0.05, 0) is 54.2 Å². The number of nitrogens with zero attached hydrogens (tertiary/aromatic N) is 2. The summed E-state index contributed by atoms with van der Waals surface area (Å²) >= 11 is 12.3. The van der Waals surface area contributed by atoms with Crippen LogP contribution in [0, 0.1) is 17.2 Å². The molecule has 0 N–H and O–H groups in total. The number of halogens is 2. The predicted octanol–water partition coefficient (Wildman–Crippen LogP) is 5.33. The Morgan fingerprint density at radius 1 is 1.07 bits per heavy atom. The SMILES string of the molecule is N#CCC1OC(c2cccc(Cl)c2)C(c2ccc(Cl)cc2)N(CC2CC2)C1=O.